The number of hydrogen-bond acceptors (Lipinski definition) is 5. The van der Waals surface area contributed by atoms with Gasteiger partial charge in [0.05, 0.1) is 21.5 Å². The van der Waals surface area contributed by atoms with E-state index in [1.165, 1.54) is 0 Å². The third kappa shape index (κ3) is 3.72. The Morgan fingerprint density at radius 1 is 0.875 bits per heavy atom. The summed E-state index contributed by atoms with van der Waals surface area (Å²) in [5.41, 5.74) is -0.738. The van der Waals surface area contributed by atoms with E-state index in [1.807, 2.05) is 48.5 Å². The standard InChI is InChI=1S/C23H16ClN3O5/c1-13(21-17-8-4-2-6-14(17)10-15-7-3-5-9-18(15)21)25-23(28)16-11-19(26(29)30)22(24)20(12-16)27(31)32/h2-13H,1H3,(H,25,28)/t13-/m0/s1. The highest BCUT2D eigenvalue weighted by Crippen LogP contribution is 2.36. The van der Waals surface area contributed by atoms with E-state index in [4.69, 9.17) is 11.6 Å². The van der Waals surface area contributed by atoms with Crippen molar-refractivity contribution in [3.05, 3.63) is 103 Å². The van der Waals surface area contributed by atoms with Crippen LogP contribution in [0.15, 0.2) is 66.7 Å². The molecular weight excluding hydrogens is 434 g/mol. The van der Waals surface area contributed by atoms with Gasteiger partial charge < -0.3 is 5.32 Å². The lowest BCUT2D eigenvalue weighted by atomic mass is 9.92. The van der Waals surface area contributed by atoms with Crippen LogP contribution in [0.4, 0.5) is 11.4 Å². The van der Waals surface area contributed by atoms with E-state index in [-0.39, 0.29) is 5.56 Å². The van der Waals surface area contributed by atoms with Crippen molar-refractivity contribution < 1.29 is 14.6 Å². The largest absolute Gasteiger partial charge is 0.345 e. The van der Waals surface area contributed by atoms with Crippen LogP contribution in [0.25, 0.3) is 21.5 Å². The van der Waals surface area contributed by atoms with Crippen LogP contribution >= 0.6 is 11.6 Å². The fourth-order valence-corrected chi connectivity index (χ4v) is 4.11. The first-order valence-corrected chi connectivity index (χ1v) is 9.99. The summed E-state index contributed by atoms with van der Waals surface area (Å²) in [7, 11) is 0. The molecular formula is C23H16ClN3O5. The number of halogens is 1. The zero-order valence-electron chi connectivity index (χ0n) is 16.7. The van der Waals surface area contributed by atoms with E-state index >= 15 is 0 Å². The van der Waals surface area contributed by atoms with Crippen molar-refractivity contribution >= 4 is 50.4 Å². The van der Waals surface area contributed by atoms with Gasteiger partial charge in [-0.05, 0) is 40.1 Å². The van der Waals surface area contributed by atoms with E-state index in [9.17, 15) is 25.0 Å². The summed E-state index contributed by atoms with van der Waals surface area (Å²) in [6, 6.07) is 19.0. The Balaban J connectivity index is 1.79. The second-order valence-corrected chi connectivity index (χ2v) is 7.65. The maximum absolute atomic E-state index is 13.0. The number of carbonyl (C=O) groups excluding carboxylic acids is 1. The average Bonchev–Trinajstić information content (AvgIpc) is 2.76. The molecule has 0 aliphatic heterocycles. The highest BCUT2D eigenvalue weighted by Gasteiger charge is 2.28. The number of fused-ring (bicyclic) bond motifs is 2. The van der Waals surface area contributed by atoms with E-state index in [2.05, 4.69) is 11.4 Å². The van der Waals surface area contributed by atoms with Gasteiger partial charge >= 0.3 is 0 Å². The van der Waals surface area contributed by atoms with Crippen LogP contribution < -0.4 is 5.32 Å². The lowest BCUT2D eigenvalue weighted by Gasteiger charge is -2.19. The monoisotopic (exact) mass is 449 g/mol. The van der Waals surface area contributed by atoms with E-state index < -0.39 is 38.2 Å². The van der Waals surface area contributed by atoms with Crippen molar-refractivity contribution in [2.24, 2.45) is 0 Å². The van der Waals surface area contributed by atoms with Gasteiger partial charge in [-0.2, -0.15) is 0 Å². The lowest BCUT2D eigenvalue weighted by Crippen LogP contribution is -2.27. The Morgan fingerprint density at radius 3 is 1.81 bits per heavy atom. The highest BCUT2D eigenvalue weighted by molar-refractivity contribution is 6.35. The first-order chi connectivity index (χ1) is 15.3. The zero-order valence-corrected chi connectivity index (χ0v) is 17.5. The number of nitro groups is 2. The quantitative estimate of drug-likeness (QED) is 0.229. The first-order valence-electron chi connectivity index (χ1n) is 9.61. The van der Waals surface area contributed by atoms with Crippen molar-refractivity contribution in [2.45, 2.75) is 13.0 Å². The van der Waals surface area contributed by atoms with Crippen LogP contribution in [0.1, 0.15) is 28.9 Å². The van der Waals surface area contributed by atoms with Gasteiger partial charge in [-0.25, -0.2) is 0 Å². The van der Waals surface area contributed by atoms with Crippen molar-refractivity contribution in [2.75, 3.05) is 0 Å². The molecule has 4 aromatic carbocycles. The molecule has 0 bridgehead atoms. The fourth-order valence-electron chi connectivity index (χ4n) is 3.86. The second-order valence-electron chi connectivity index (χ2n) is 7.27. The molecule has 0 unspecified atom stereocenters. The molecule has 0 radical (unpaired) electrons. The Labute approximate surface area is 186 Å². The van der Waals surface area contributed by atoms with E-state index in [0.29, 0.717) is 0 Å². The predicted octanol–water partition coefficient (Wildman–Crippen LogP) is 5.95. The summed E-state index contributed by atoms with van der Waals surface area (Å²) in [6.45, 7) is 1.80. The molecule has 1 amide bonds. The first kappa shape index (κ1) is 21.2. The average molecular weight is 450 g/mol. The molecule has 32 heavy (non-hydrogen) atoms. The minimum absolute atomic E-state index is 0.218. The molecule has 0 spiro atoms. The van der Waals surface area contributed by atoms with Gasteiger partial charge in [-0.3, -0.25) is 25.0 Å². The Kier molecular flexibility index (Phi) is 5.46. The topological polar surface area (TPSA) is 115 Å². The minimum atomic E-state index is -0.853. The van der Waals surface area contributed by atoms with Crippen molar-refractivity contribution in [3.8, 4) is 0 Å². The van der Waals surface area contributed by atoms with Crippen LogP contribution in [0.3, 0.4) is 0 Å². The maximum atomic E-state index is 13.0. The molecule has 4 aromatic rings. The zero-order chi connectivity index (χ0) is 23.0. The molecule has 0 saturated heterocycles. The van der Waals surface area contributed by atoms with Gasteiger partial charge in [-0.1, -0.05) is 60.1 Å². The van der Waals surface area contributed by atoms with Crippen LogP contribution in [0.2, 0.25) is 5.02 Å². The van der Waals surface area contributed by atoms with E-state index in [1.54, 1.807) is 6.92 Å². The number of nitro benzene ring substituents is 2. The maximum Gasteiger partial charge on any atom is 0.295 e. The Hall–Kier alpha value is -4.04. The highest BCUT2D eigenvalue weighted by atomic mass is 35.5. The van der Waals surface area contributed by atoms with Crippen LogP contribution in [0.5, 0.6) is 0 Å². The molecule has 0 aromatic heterocycles. The number of nitrogens with zero attached hydrogens (tertiary/aromatic N) is 2. The molecule has 0 saturated carbocycles. The van der Waals surface area contributed by atoms with Crippen molar-refractivity contribution in [1.29, 1.82) is 0 Å². The molecule has 8 nitrogen and oxygen atoms in total. The van der Waals surface area contributed by atoms with Gasteiger partial charge in [-0.15, -0.1) is 0 Å². The summed E-state index contributed by atoms with van der Waals surface area (Å²) < 4.78 is 0. The second kappa shape index (κ2) is 8.24. The van der Waals surface area contributed by atoms with Crippen molar-refractivity contribution in [3.63, 3.8) is 0 Å². The number of nitrogens with one attached hydrogen (secondary N) is 1. The number of amides is 1. The molecule has 1 N–H and O–H groups in total. The van der Waals surface area contributed by atoms with Crippen LogP contribution in [0, 0.1) is 20.2 Å². The summed E-state index contributed by atoms with van der Waals surface area (Å²) in [5.74, 6) is -0.683. The fraction of sp³-hybridized carbons (Fsp3) is 0.0870. The van der Waals surface area contributed by atoms with Gasteiger partial charge in [0.1, 0.15) is 0 Å². The lowest BCUT2D eigenvalue weighted by molar-refractivity contribution is -0.393. The Morgan fingerprint density at radius 2 is 1.34 bits per heavy atom. The van der Waals surface area contributed by atoms with Crippen LogP contribution in [-0.4, -0.2) is 15.8 Å². The summed E-state index contributed by atoms with van der Waals surface area (Å²) in [4.78, 5) is 33.8. The molecule has 160 valence electrons. The van der Waals surface area contributed by atoms with Gasteiger partial charge in [0.15, 0.2) is 5.02 Å². The molecule has 0 heterocycles. The van der Waals surface area contributed by atoms with Gasteiger partial charge in [0.25, 0.3) is 17.3 Å². The third-order valence-electron chi connectivity index (χ3n) is 5.28. The SMILES string of the molecule is C[C@H](NC(=O)c1cc([N+](=O)[O-])c(Cl)c([N+](=O)[O-])c1)c1c2ccccc2cc2ccccc12. The molecule has 0 aliphatic rings. The summed E-state index contributed by atoms with van der Waals surface area (Å²) in [5, 5.41) is 28.7. The van der Waals surface area contributed by atoms with Gasteiger partial charge in [0, 0.05) is 12.1 Å². The molecule has 4 rings (SSSR count). The van der Waals surface area contributed by atoms with Crippen molar-refractivity contribution in [1.82, 2.24) is 5.32 Å². The number of benzene rings is 4. The van der Waals surface area contributed by atoms with Crippen LogP contribution in [-0.2, 0) is 0 Å². The van der Waals surface area contributed by atoms with E-state index in [0.717, 1.165) is 39.2 Å². The molecule has 1 atom stereocenters. The molecule has 0 aliphatic carbocycles. The Bertz CT molecular complexity index is 1330. The normalized spacial score (nSPS) is 11.9. The molecule has 9 heteroatoms. The smallest absolute Gasteiger partial charge is 0.295 e. The number of carbonyl (C=O) groups is 1. The number of hydrogen-bond donors (Lipinski definition) is 1. The minimum Gasteiger partial charge on any atom is -0.345 e. The van der Waals surface area contributed by atoms with Gasteiger partial charge in [0.2, 0.25) is 0 Å². The number of rotatable bonds is 5. The third-order valence-corrected chi connectivity index (χ3v) is 5.67. The summed E-state index contributed by atoms with van der Waals surface area (Å²) >= 11 is 5.79. The predicted molar refractivity (Wildman–Crippen MR) is 122 cm³/mol. The summed E-state index contributed by atoms with van der Waals surface area (Å²) in [6.07, 6.45) is 0. The molecule has 0 fully saturated rings.